The SMILES string of the molecule is COc1ccnc2c1cc1ccnc(N)n12. The first-order chi connectivity index (χ1) is 7.81. The van der Waals surface area contributed by atoms with E-state index in [-0.39, 0.29) is 0 Å². The van der Waals surface area contributed by atoms with Gasteiger partial charge in [-0.2, -0.15) is 0 Å². The normalized spacial score (nSPS) is 11.1. The minimum Gasteiger partial charge on any atom is -0.496 e. The van der Waals surface area contributed by atoms with Crippen LogP contribution in [0.3, 0.4) is 0 Å². The largest absolute Gasteiger partial charge is 0.496 e. The molecule has 5 nitrogen and oxygen atoms in total. The average molecular weight is 214 g/mol. The monoisotopic (exact) mass is 214 g/mol. The van der Waals surface area contributed by atoms with Crippen LogP contribution in [0.5, 0.6) is 5.75 Å². The van der Waals surface area contributed by atoms with E-state index >= 15 is 0 Å². The van der Waals surface area contributed by atoms with Gasteiger partial charge in [-0.3, -0.25) is 4.40 Å². The first-order valence-corrected chi connectivity index (χ1v) is 4.86. The number of fused-ring (bicyclic) bond motifs is 3. The molecule has 0 aliphatic carbocycles. The molecule has 80 valence electrons. The molecule has 0 amide bonds. The number of hydrogen-bond acceptors (Lipinski definition) is 4. The standard InChI is InChI=1S/C11H10N4O/c1-16-9-3-5-13-10-8(9)6-7-2-4-14-11(12)15(7)10/h2-6H,1H3,(H2,12,14). The Morgan fingerprint density at radius 3 is 2.88 bits per heavy atom. The third-order valence-electron chi connectivity index (χ3n) is 2.59. The summed E-state index contributed by atoms with van der Waals surface area (Å²) in [4.78, 5) is 8.35. The molecule has 0 saturated carbocycles. The van der Waals surface area contributed by atoms with Crippen molar-refractivity contribution in [3.8, 4) is 5.75 Å². The van der Waals surface area contributed by atoms with Gasteiger partial charge < -0.3 is 10.5 Å². The second kappa shape index (κ2) is 3.10. The first kappa shape index (κ1) is 8.96. The van der Waals surface area contributed by atoms with Crippen molar-refractivity contribution in [1.82, 2.24) is 14.4 Å². The zero-order valence-electron chi connectivity index (χ0n) is 8.71. The van der Waals surface area contributed by atoms with Crippen molar-refractivity contribution in [1.29, 1.82) is 0 Å². The van der Waals surface area contributed by atoms with Crippen molar-refractivity contribution >= 4 is 22.5 Å². The lowest BCUT2D eigenvalue weighted by Crippen LogP contribution is -1.99. The van der Waals surface area contributed by atoms with Gasteiger partial charge in [-0.1, -0.05) is 0 Å². The van der Waals surface area contributed by atoms with E-state index in [1.54, 1.807) is 23.9 Å². The smallest absolute Gasteiger partial charge is 0.206 e. The van der Waals surface area contributed by atoms with E-state index in [0.717, 1.165) is 22.3 Å². The number of aromatic nitrogens is 3. The quantitative estimate of drug-likeness (QED) is 0.666. The number of pyridine rings is 1. The van der Waals surface area contributed by atoms with E-state index in [4.69, 9.17) is 10.5 Å². The maximum absolute atomic E-state index is 5.83. The maximum Gasteiger partial charge on any atom is 0.206 e. The highest BCUT2D eigenvalue weighted by Gasteiger charge is 2.09. The van der Waals surface area contributed by atoms with E-state index in [1.807, 2.05) is 18.2 Å². The van der Waals surface area contributed by atoms with Crippen LogP contribution in [-0.4, -0.2) is 21.5 Å². The molecule has 3 rings (SSSR count). The van der Waals surface area contributed by atoms with Gasteiger partial charge in [0.05, 0.1) is 18.0 Å². The average Bonchev–Trinajstić information content (AvgIpc) is 2.68. The van der Waals surface area contributed by atoms with Crippen molar-refractivity contribution in [2.24, 2.45) is 0 Å². The molecule has 2 N–H and O–H groups in total. The van der Waals surface area contributed by atoms with Gasteiger partial charge in [0.1, 0.15) is 5.75 Å². The van der Waals surface area contributed by atoms with Crippen LogP contribution in [0.2, 0.25) is 0 Å². The van der Waals surface area contributed by atoms with Crippen molar-refractivity contribution in [2.75, 3.05) is 12.8 Å². The lowest BCUT2D eigenvalue weighted by atomic mass is 10.3. The van der Waals surface area contributed by atoms with Crippen LogP contribution >= 0.6 is 0 Å². The fourth-order valence-corrected chi connectivity index (χ4v) is 1.88. The molecule has 0 radical (unpaired) electrons. The molecule has 0 fully saturated rings. The van der Waals surface area contributed by atoms with Crippen molar-refractivity contribution in [2.45, 2.75) is 0 Å². The molecule has 5 heteroatoms. The number of rotatable bonds is 1. The molecular formula is C11H10N4O. The van der Waals surface area contributed by atoms with Gasteiger partial charge in [-0.25, -0.2) is 9.97 Å². The van der Waals surface area contributed by atoms with Crippen LogP contribution in [-0.2, 0) is 0 Å². The topological polar surface area (TPSA) is 65.4 Å². The summed E-state index contributed by atoms with van der Waals surface area (Å²) in [6.45, 7) is 0. The first-order valence-electron chi connectivity index (χ1n) is 4.86. The summed E-state index contributed by atoms with van der Waals surface area (Å²) in [5, 5.41) is 0.935. The Kier molecular flexibility index (Phi) is 1.73. The highest BCUT2D eigenvalue weighted by Crippen LogP contribution is 2.27. The summed E-state index contributed by atoms with van der Waals surface area (Å²) < 4.78 is 7.09. The molecule has 16 heavy (non-hydrogen) atoms. The van der Waals surface area contributed by atoms with Crippen molar-refractivity contribution < 1.29 is 4.74 Å². The van der Waals surface area contributed by atoms with Gasteiger partial charge >= 0.3 is 0 Å². The Morgan fingerprint density at radius 2 is 2.06 bits per heavy atom. The Balaban J connectivity index is 2.56. The Morgan fingerprint density at radius 1 is 1.25 bits per heavy atom. The van der Waals surface area contributed by atoms with E-state index < -0.39 is 0 Å². The van der Waals surface area contributed by atoms with Gasteiger partial charge in [0, 0.05) is 12.4 Å². The van der Waals surface area contributed by atoms with E-state index in [9.17, 15) is 0 Å². The van der Waals surface area contributed by atoms with Gasteiger partial charge in [-0.05, 0) is 18.2 Å². The van der Waals surface area contributed by atoms with Crippen LogP contribution in [0.4, 0.5) is 5.95 Å². The second-order valence-electron chi connectivity index (χ2n) is 3.46. The number of anilines is 1. The maximum atomic E-state index is 5.83. The highest BCUT2D eigenvalue weighted by molar-refractivity contribution is 5.90. The molecule has 0 aliphatic rings. The number of nitrogens with two attached hydrogens (primary N) is 1. The zero-order chi connectivity index (χ0) is 11.1. The number of methoxy groups -OCH3 is 1. The molecule has 0 spiro atoms. The molecule has 3 aromatic rings. The number of nitrogens with zero attached hydrogens (tertiary/aromatic N) is 3. The van der Waals surface area contributed by atoms with Gasteiger partial charge in [0.25, 0.3) is 0 Å². The minimum absolute atomic E-state index is 0.424. The molecule has 0 saturated heterocycles. The van der Waals surface area contributed by atoms with E-state index in [1.165, 1.54) is 0 Å². The zero-order valence-corrected chi connectivity index (χ0v) is 8.71. The van der Waals surface area contributed by atoms with E-state index in [2.05, 4.69) is 9.97 Å². The Labute approximate surface area is 91.5 Å². The summed E-state index contributed by atoms with van der Waals surface area (Å²) in [7, 11) is 1.64. The molecule has 0 aromatic carbocycles. The predicted molar refractivity (Wildman–Crippen MR) is 61.5 cm³/mol. The van der Waals surface area contributed by atoms with Crippen LogP contribution in [0.25, 0.3) is 16.6 Å². The van der Waals surface area contributed by atoms with Crippen LogP contribution in [0.1, 0.15) is 0 Å². The van der Waals surface area contributed by atoms with Gasteiger partial charge in [0.15, 0.2) is 5.65 Å². The predicted octanol–water partition coefficient (Wildman–Crippen LogP) is 1.47. The number of ether oxygens (including phenoxy) is 1. The highest BCUT2D eigenvalue weighted by atomic mass is 16.5. The fraction of sp³-hybridized carbons (Fsp3) is 0.0909. The summed E-state index contributed by atoms with van der Waals surface area (Å²) in [6.07, 6.45) is 3.37. The summed E-state index contributed by atoms with van der Waals surface area (Å²) in [5.74, 6) is 1.21. The third-order valence-corrected chi connectivity index (χ3v) is 2.59. The summed E-state index contributed by atoms with van der Waals surface area (Å²) in [5.41, 5.74) is 7.55. The minimum atomic E-state index is 0.424. The van der Waals surface area contributed by atoms with Crippen LogP contribution in [0, 0.1) is 0 Å². The lowest BCUT2D eigenvalue weighted by molar-refractivity contribution is 0.419. The molecule has 0 atom stereocenters. The Hall–Kier alpha value is -2.30. The van der Waals surface area contributed by atoms with Crippen molar-refractivity contribution in [3.05, 3.63) is 30.6 Å². The van der Waals surface area contributed by atoms with Gasteiger partial charge in [0.2, 0.25) is 5.95 Å². The number of nitrogen functional groups attached to an aromatic ring is 1. The molecular weight excluding hydrogens is 204 g/mol. The molecule has 3 heterocycles. The lowest BCUT2D eigenvalue weighted by Gasteiger charge is -2.01. The Bertz CT molecular complexity index is 674. The molecule has 0 bridgehead atoms. The van der Waals surface area contributed by atoms with Crippen molar-refractivity contribution in [3.63, 3.8) is 0 Å². The summed E-state index contributed by atoms with van der Waals surface area (Å²) >= 11 is 0. The molecule has 3 aromatic heterocycles. The summed E-state index contributed by atoms with van der Waals surface area (Å²) in [6, 6.07) is 5.70. The molecule has 0 unspecified atom stereocenters. The second-order valence-corrected chi connectivity index (χ2v) is 3.46. The number of hydrogen-bond donors (Lipinski definition) is 1. The third kappa shape index (κ3) is 1.05. The van der Waals surface area contributed by atoms with Crippen LogP contribution < -0.4 is 10.5 Å². The molecule has 0 aliphatic heterocycles. The fourth-order valence-electron chi connectivity index (χ4n) is 1.88. The van der Waals surface area contributed by atoms with Crippen LogP contribution in [0.15, 0.2) is 30.6 Å². The van der Waals surface area contributed by atoms with E-state index in [0.29, 0.717) is 5.95 Å². The van der Waals surface area contributed by atoms with Gasteiger partial charge in [-0.15, -0.1) is 0 Å².